The van der Waals surface area contributed by atoms with Gasteiger partial charge in [0.15, 0.2) is 0 Å². The highest BCUT2D eigenvalue weighted by Gasteiger charge is 2.42. The van der Waals surface area contributed by atoms with Gasteiger partial charge >= 0.3 is 6.03 Å². The van der Waals surface area contributed by atoms with Gasteiger partial charge in [-0.05, 0) is 67.4 Å². The van der Waals surface area contributed by atoms with Crippen molar-refractivity contribution in [3.8, 4) is 0 Å². The molecule has 2 bridgehead atoms. The molecule has 126 valence electrons. The Hall–Kier alpha value is -1.92. The van der Waals surface area contributed by atoms with Crippen molar-refractivity contribution in [1.82, 2.24) is 15.2 Å². The van der Waals surface area contributed by atoms with E-state index in [0.29, 0.717) is 12.0 Å². The maximum absolute atomic E-state index is 12.4. The molecule has 0 spiro atoms. The number of nitrogens with zero attached hydrogens (tertiary/aromatic N) is 2. The SMILES string of the molecule is O=C(Nc1cccs1)N[C@H]1C2CCN(CC2)[C@H]1Cc1cccnc1. The van der Waals surface area contributed by atoms with Crippen LogP contribution in [0.4, 0.5) is 9.80 Å². The van der Waals surface area contributed by atoms with E-state index in [2.05, 4.69) is 26.6 Å². The third kappa shape index (κ3) is 3.30. The standard InChI is InChI=1S/C18H22N4OS/c23-18(20-16-4-2-10-24-16)21-17-14-5-8-22(9-6-14)15(17)11-13-3-1-7-19-12-13/h1-4,7,10,12,14-15,17H,5-6,8-9,11H2,(H2,20,21,23)/t15-,17-/m0/s1. The Balaban J connectivity index is 1.47. The van der Waals surface area contributed by atoms with Crippen LogP contribution in [0.5, 0.6) is 0 Å². The Morgan fingerprint density at radius 1 is 1.29 bits per heavy atom. The normalized spacial score (nSPS) is 28.5. The van der Waals surface area contributed by atoms with Gasteiger partial charge in [-0.15, -0.1) is 11.3 Å². The maximum atomic E-state index is 12.4. The van der Waals surface area contributed by atoms with Gasteiger partial charge in [-0.25, -0.2) is 4.79 Å². The Bertz CT molecular complexity index is 668. The monoisotopic (exact) mass is 342 g/mol. The summed E-state index contributed by atoms with van der Waals surface area (Å²) < 4.78 is 0. The van der Waals surface area contributed by atoms with Crippen LogP contribution < -0.4 is 10.6 Å². The number of hydrogen-bond donors (Lipinski definition) is 2. The van der Waals surface area contributed by atoms with Gasteiger partial charge in [0.25, 0.3) is 0 Å². The van der Waals surface area contributed by atoms with Crippen molar-refractivity contribution in [2.24, 2.45) is 5.92 Å². The van der Waals surface area contributed by atoms with E-state index in [1.54, 1.807) is 17.5 Å². The number of urea groups is 1. The lowest BCUT2D eigenvalue weighted by molar-refractivity contribution is 0.0184. The van der Waals surface area contributed by atoms with Gasteiger partial charge < -0.3 is 5.32 Å². The Morgan fingerprint density at radius 3 is 2.88 bits per heavy atom. The Kier molecular flexibility index (Phi) is 4.49. The molecule has 2 aromatic rings. The third-order valence-electron chi connectivity index (χ3n) is 5.19. The summed E-state index contributed by atoms with van der Waals surface area (Å²) in [4.78, 5) is 19.2. The van der Waals surface area contributed by atoms with Gasteiger partial charge in [-0.1, -0.05) is 6.07 Å². The fourth-order valence-corrected chi connectivity index (χ4v) is 4.64. The molecule has 2 atom stereocenters. The lowest BCUT2D eigenvalue weighted by atomic mass is 9.77. The van der Waals surface area contributed by atoms with Crippen LogP contribution in [0.2, 0.25) is 0 Å². The summed E-state index contributed by atoms with van der Waals surface area (Å²) in [6.45, 7) is 2.28. The van der Waals surface area contributed by atoms with Crippen LogP contribution in [-0.4, -0.2) is 41.1 Å². The molecular formula is C18H22N4OS. The number of piperidine rings is 3. The van der Waals surface area contributed by atoms with Crippen LogP contribution >= 0.6 is 11.3 Å². The van der Waals surface area contributed by atoms with Crippen molar-refractivity contribution in [2.45, 2.75) is 31.3 Å². The van der Waals surface area contributed by atoms with Crippen LogP contribution in [0.3, 0.4) is 0 Å². The third-order valence-corrected chi connectivity index (χ3v) is 5.97. The number of anilines is 1. The van der Waals surface area contributed by atoms with Gasteiger partial charge in [0.2, 0.25) is 0 Å². The second kappa shape index (κ2) is 6.91. The number of thiophene rings is 1. The van der Waals surface area contributed by atoms with Crippen molar-refractivity contribution in [1.29, 1.82) is 0 Å². The topological polar surface area (TPSA) is 57.3 Å². The highest BCUT2D eigenvalue weighted by atomic mass is 32.1. The average Bonchev–Trinajstić information content (AvgIpc) is 3.11. The van der Waals surface area contributed by atoms with E-state index >= 15 is 0 Å². The second-order valence-electron chi connectivity index (χ2n) is 6.61. The molecule has 5 rings (SSSR count). The predicted octanol–water partition coefficient (Wildman–Crippen LogP) is 2.97. The summed E-state index contributed by atoms with van der Waals surface area (Å²) in [7, 11) is 0. The van der Waals surface area contributed by atoms with Crippen LogP contribution in [0, 0.1) is 5.92 Å². The number of pyridine rings is 1. The largest absolute Gasteiger partial charge is 0.333 e. The zero-order valence-electron chi connectivity index (χ0n) is 13.5. The molecule has 0 radical (unpaired) electrons. The van der Waals surface area contributed by atoms with Gasteiger partial charge in [-0.2, -0.15) is 0 Å². The first-order valence-corrected chi connectivity index (χ1v) is 9.41. The van der Waals surface area contributed by atoms with E-state index < -0.39 is 0 Å². The number of nitrogens with one attached hydrogen (secondary N) is 2. The van der Waals surface area contributed by atoms with Gasteiger partial charge in [0, 0.05) is 24.5 Å². The Morgan fingerprint density at radius 2 is 2.17 bits per heavy atom. The van der Waals surface area contributed by atoms with Crippen molar-refractivity contribution in [2.75, 3.05) is 18.4 Å². The molecule has 5 nitrogen and oxygen atoms in total. The van der Waals surface area contributed by atoms with Crippen molar-refractivity contribution < 1.29 is 4.79 Å². The van der Waals surface area contributed by atoms with Crippen LogP contribution in [0.1, 0.15) is 18.4 Å². The molecule has 2 amide bonds. The lowest BCUT2D eigenvalue weighted by Crippen LogP contribution is -2.64. The van der Waals surface area contributed by atoms with Crippen LogP contribution in [0.15, 0.2) is 42.0 Å². The Labute approximate surface area is 146 Å². The number of aromatic nitrogens is 1. The minimum atomic E-state index is -0.0904. The number of carbonyl (C=O) groups is 1. The van der Waals surface area contributed by atoms with Gasteiger partial charge in [-0.3, -0.25) is 15.2 Å². The number of carbonyl (C=O) groups excluding carboxylic acids is 1. The molecule has 0 aromatic carbocycles. The van der Waals surface area contributed by atoms with Gasteiger partial charge in [0.1, 0.15) is 0 Å². The predicted molar refractivity (Wildman–Crippen MR) is 96.3 cm³/mol. The summed E-state index contributed by atoms with van der Waals surface area (Å²) in [5, 5.41) is 9.06. The van der Waals surface area contributed by atoms with E-state index in [0.717, 1.165) is 24.5 Å². The van der Waals surface area contributed by atoms with E-state index in [1.165, 1.54) is 18.4 Å². The van der Waals surface area contributed by atoms with Crippen molar-refractivity contribution in [3.05, 3.63) is 47.6 Å². The first-order chi connectivity index (χ1) is 11.8. The number of fused-ring (bicyclic) bond motifs is 3. The molecular weight excluding hydrogens is 320 g/mol. The highest BCUT2D eigenvalue weighted by molar-refractivity contribution is 7.14. The number of hydrogen-bond acceptors (Lipinski definition) is 4. The van der Waals surface area contributed by atoms with Crippen molar-refractivity contribution in [3.63, 3.8) is 0 Å². The molecule has 2 aromatic heterocycles. The van der Waals surface area contributed by atoms with E-state index in [9.17, 15) is 4.79 Å². The van der Waals surface area contributed by atoms with Crippen molar-refractivity contribution >= 4 is 22.4 Å². The minimum Gasteiger partial charge on any atom is -0.333 e. The summed E-state index contributed by atoms with van der Waals surface area (Å²) in [5.74, 6) is 0.575. The summed E-state index contributed by atoms with van der Waals surface area (Å²) in [6.07, 6.45) is 7.03. The molecule has 3 aliphatic heterocycles. The summed E-state index contributed by atoms with van der Waals surface area (Å²) >= 11 is 1.54. The molecule has 2 N–H and O–H groups in total. The minimum absolute atomic E-state index is 0.0904. The smallest absolute Gasteiger partial charge is 0.320 e. The maximum Gasteiger partial charge on any atom is 0.320 e. The van der Waals surface area contributed by atoms with Crippen LogP contribution in [0.25, 0.3) is 0 Å². The molecule has 5 heterocycles. The summed E-state index contributed by atoms with van der Waals surface area (Å²) in [5.41, 5.74) is 1.24. The zero-order chi connectivity index (χ0) is 16.4. The lowest BCUT2D eigenvalue weighted by Gasteiger charge is -2.51. The molecule has 0 aliphatic carbocycles. The molecule has 0 unspecified atom stereocenters. The quantitative estimate of drug-likeness (QED) is 0.898. The van der Waals surface area contributed by atoms with Crippen LogP contribution in [-0.2, 0) is 6.42 Å². The van der Waals surface area contributed by atoms with Gasteiger partial charge in [0.05, 0.1) is 5.00 Å². The first kappa shape index (κ1) is 15.6. The molecule has 3 fully saturated rings. The summed E-state index contributed by atoms with van der Waals surface area (Å²) in [6, 6.07) is 8.45. The fourth-order valence-electron chi connectivity index (χ4n) is 4.03. The zero-order valence-corrected chi connectivity index (χ0v) is 14.3. The van der Waals surface area contributed by atoms with E-state index in [1.807, 2.05) is 29.8 Å². The second-order valence-corrected chi connectivity index (χ2v) is 7.56. The average molecular weight is 342 g/mol. The fraction of sp³-hybridized carbons (Fsp3) is 0.444. The first-order valence-electron chi connectivity index (χ1n) is 8.53. The number of amides is 2. The van der Waals surface area contributed by atoms with E-state index in [-0.39, 0.29) is 12.1 Å². The molecule has 6 heteroatoms. The molecule has 0 saturated carbocycles. The molecule has 3 aliphatic rings. The number of rotatable bonds is 4. The molecule has 3 saturated heterocycles. The highest BCUT2D eigenvalue weighted by Crippen LogP contribution is 2.34. The van der Waals surface area contributed by atoms with E-state index in [4.69, 9.17) is 0 Å². The molecule has 24 heavy (non-hydrogen) atoms.